The van der Waals surface area contributed by atoms with Gasteiger partial charge in [-0.25, -0.2) is 4.79 Å². The number of allylic oxidation sites excluding steroid dienone is 2. The maximum atomic E-state index is 11.6. The van der Waals surface area contributed by atoms with Crippen LogP contribution in [0.25, 0.3) is 0 Å². The van der Waals surface area contributed by atoms with Gasteiger partial charge in [0.1, 0.15) is 5.75 Å². The predicted octanol–water partition coefficient (Wildman–Crippen LogP) is 4.13. The molecule has 1 aliphatic heterocycles. The second-order valence-electron chi connectivity index (χ2n) is 6.74. The molecule has 1 aliphatic carbocycles. The second kappa shape index (κ2) is 6.42. The van der Waals surface area contributed by atoms with Crippen LogP contribution in [0.1, 0.15) is 39.9 Å². The van der Waals surface area contributed by atoms with Gasteiger partial charge in [0.25, 0.3) is 5.69 Å². The Bertz CT molecular complexity index is 952. The van der Waals surface area contributed by atoms with E-state index in [9.17, 15) is 14.9 Å². The highest BCUT2D eigenvalue weighted by atomic mass is 16.6. The van der Waals surface area contributed by atoms with E-state index in [1.807, 2.05) is 12.2 Å². The number of aromatic carboxylic acids is 1. The summed E-state index contributed by atoms with van der Waals surface area (Å²) in [4.78, 5) is 22.3. The molecule has 7 nitrogen and oxygen atoms in total. The van der Waals surface area contributed by atoms with Gasteiger partial charge in [0.05, 0.1) is 34.9 Å². The number of rotatable bonds is 4. The third-order valence-electron chi connectivity index (χ3n) is 5.39. The van der Waals surface area contributed by atoms with Crippen LogP contribution in [-0.4, -0.2) is 23.1 Å². The Morgan fingerprint density at radius 3 is 2.63 bits per heavy atom. The van der Waals surface area contributed by atoms with E-state index in [1.165, 1.54) is 13.2 Å². The lowest BCUT2D eigenvalue weighted by Gasteiger charge is -2.37. The predicted molar refractivity (Wildman–Crippen MR) is 99.4 cm³/mol. The van der Waals surface area contributed by atoms with Crippen molar-refractivity contribution in [1.29, 1.82) is 0 Å². The third-order valence-corrected chi connectivity index (χ3v) is 5.39. The Morgan fingerprint density at radius 1 is 1.26 bits per heavy atom. The Kier molecular flexibility index (Phi) is 4.07. The van der Waals surface area contributed by atoms with Crippen LogP contribution in [-0.2, 0) is 0 Å². The normalized spacial score (nSPS) is 22.5. The number of nitro groups is 1. The first-order valence-corrected chi connectivity index (χ1v) is 8.63. The molecule has 3 atom stereocenters. The van der Waals surface area contributed by atoms with Crippen molar-refractivity contribution < 1.29 is 19.6 Å². The van der Waals surface area contributed by atoms with Gasteiger partial charge in [0.15, 0.2) is 0 Å². The van der Waals surface area contributed by atoms with Crippen LogP contribution in [0.15, 0.2) is 48.6 Å². The molecule has 1 heterocycles. The van der Waals surface area contributed by atoms with Gasteiger partial charge in [-0.3, -0.25) is 10.1 Å². The van der Waals surface area contributed by atoms with E-state index >= 15 is 0 Å². The molecule has 0 bridgehead atoms. The fraction of sp³-hybridized carbons (Fsp3) is 0.250. The lowest BCUT2D eigenvalue weighted by molar-refractivity contribution is -0.385. The molecule has 0 spiro atoms. The quantitative estimate of drug-likeness (QED) is 0.479. The fourth-order valence-corrected chi connectivity index (χ4v) is 4.16. The molecule has 0 saturated carbocycles. The van der Waals surface area contributed by atoms with Crippen LogP contribution in [0.3, 0.4) is 0 Å². The van der Waals surface area contributed by atoms with Crippen molar-refractivity contribution in [3.63, 3.8) is 0 Å². The highest BCUT2D eigenvalue weighted by molar-refractivity contribution is 5.87. The maximum absolute atomic E-state index is 11.6. The third kappa shape index (κ3) is 2.71. The summed E-state index contributed by atoms with van der Waals surface area (Å²) in [7, 11) is 1.54. The molecule has 0 radical (unpaired) electrons. The van der Waals surface area contributed by atoms with Crippen LogP contribution < -0.4 is 10.1 Å². The van der Waals surface area contributed by atoms with Gasteiger partial charge in [-0.05, 0) is 36.1 Å². The molecule has 2 N–H and O–H groups in total. The zero-order valence-electron chi connectivity index (χ0n) is 14.6. The van der Waals surface area contributed by atoms with E-state index in [-0.39, 0.29) is 34.1 Å². The lowest BCUT2D eigenvalue weighted by atomic mass is 9.76. The number of hydrogen-bond donors (Lipinski definition) is 2. The summed E-state index contributed by atoms with van der Waals surface area (Å²) in [5.74, 6) is -0.400. The van der Waals surface area contributed by atoms with Crippen molar-refractivity contribution in [3.8, 4) is 5.75 Å². The number of nitro benzene ring substituents is 1. The van der Waals surface area contributed by atoms with Gasteiger partial charge in [-0.1, -0.05) is 24.3 Å². The molecule has 0 fully saturated rings. The van der Waals surface area contributed by atoms with E-state index in [4.69, 9.17) is 9.84 Å². The number of carboxylic acids is 1. The van der Waals surface area contributed by atoms with Crippen molar-refractivity contribution in [3.05, 3.63) is 75.4 Å². The number of carboxylic acid groups (broad SMARTS) is 1. The largest absolute Gasteiger partial charge is 0.495 e. The summed E-state index contributed by atoms with van der Waals surface area (Å²) in [6.45, 7) is 0. The van der Waals surface area contributed by atoms with Crippen molar-refractivity contribution in [1.82, 2.24) is 0 Å². The molecule has 138 valence electrons. The van der Waals surface area contributed by atoms with Gasteiger partial charge in [0.2, 0.25) is 0 Å². The first-order valence-electron chi connectivity index (χ1n) is 8.63. The van der Waals surface area contributed by atoms with Gasteiger partial charge < -0.3 is 15.2 Å². The number of anilines is 1. The monoisotopic (exact) mass is 366 g/mol. The molecule has 4 rings (SSSR count). The molecular formula is C20H18N2O5. The minimum atomic E-state index is -0.971. The van der Waals surface area contributed by atoms with Crippen molar-refractivity contribution in [2.75, 3.05) is 12.4 Å². The molecule has 2 aromatic carbocycles. The molecule has 2 aliphatic rings. The number of methoxy groups -OCH3 is 1. The molecule has 0 amide bonds. The van der Waals surface area contributed by atoms with Crippen molar-refractivity contribution >= 4 is 17.3 Å². The van der Waals surface area contributed by atoms with Crippen LogP contribution in [0.5, 0.6) is 5.75 Å². The van der Waals surface area contributed by atoms with Crippen LogP contribution >= 0.6 is 0 Å². The Hall–Kier alpha value is -3.35. The second-order valence-corrected chi connectivity index (χ2v) is 6.74. The Labute approximate surface area is 155 Å². The van der Waals surface area contributed by atoms with Gasteiger partial charge in [-0.15, -0.1) is 0 Å². The van der Waals surface area contributed by atoms with E-state index in [1.54, 1.807) is 30.3 Å². The highest BCUT2D eigenvalue weighted by Crippen LogP contribution is 2.54. The average Bonchev–Trinajstić information content (AvgIpc) is 3.16. The summed E-state index contributed by atoms with van der Waals surface area (Å²) in [5, 5.41) is 24.1. The molecule has 2 aromatic rings. The number of fused-ring (bicyclic) bond motifs is 3. The standard InChI is InChI=1S/C20H18N2O5/c1-27-16-10-9-15(22(25)26)17-13-3-2-4-14(13)18(21-19(16)17)11-5-7-12(8-6-11)20(23)24/h2-3,5-10,13-14,18,21H,4H2,1H3,(H,23,24)/t13-,14+,18-/m1/s1. The fourth-order valence-electron chi connectivity index (χ4n) is 4.16. The maximum Gasteiger partial charge on any atom is 0.335 e. The summed E-state index contributed by atoms with van der Waals surface area (Å²) in [6.07, 6.45) is 4.86. The SMILES string of the molecule is COc1ccc([N+](=O)[O-])c2c1N[C@H](c1ccc(C(=O)O)cc1)[C@H]1CC=C[C@@H]21. The van der Waals surface area contributed by atoms with Crippen LogP contribution in [0, 0.1) is 16.0 Å². The summed E-state index contributed by atoms with van der Waals surface area (Å²) in [5.41, 5.74) is 2.53. The molecular weight excluding hydrogens is 348 g/mol. The summed E-state index contributed by atoms with van der Waals surface area (Å²) < 4.78 is 5.44. The zero-order chi connectivity index (χ0) is 19.1. The number of carbonyl (C=O) groups is 1. The Morgan fingerprint density at radius 2 is 2.00 bits per heavy atom. The zero-order valence-corrected chi connectivity index (χ0v) is 14.6. The lowest BCUT2D eigenvalue weighted by Crippen LogP contribution is -2.30. The Balaban J connectivity index is 1.83. The van der Waals surface area contributed by atoms with Gasteiger partial charge in [0, 0.05) is 12.0 Å². The van der Waals surface area contributed by atoms with E-state index in [2.05, 4.69) is 5.32 Å². The molecule has 7 heteroatoms. The van der Waals surface area contributed by atoms with E-state index < -0.39 is 5.97 Å². The number of hydrogen-bond acceptors (Lipinski definition) is 5. The molecule has 27 heavy (non-hydrogen) atoms. The number of ether oxygens (including phenoxy) is 1. The first kappa shape index (κ1) is 17.1. The van der Waals surface area contributed by atoms with Crippen molar-refractivity contribution in [2.45, 2.75) is 18.4 Å². The summed E-state index contributed by atoms with van der Waals surface area (Å²) >= 11 is 0. The average molecular weight is 366 g/mol. The van der Waals surface area contributed by atoms with Crippen molar-refractivity contribution in [2.24, 2.45) is 5.92 Å². The van der Waals surface area contributed by atoms with Crippen LogP contribution in [0.4, 0.5) is 11.4 Å². The van der Waals surface area contributed by atoms with Gasteiger partial charge in [-0.2, -0.15) is 0 Å². The topological polar surface area (TPSA) is 102 Å². The number of nitrogens with zero attached hydrogens (tertiary/aromatic N) is 1. The summed E-state index contributed by atoms with van der Waals surface area (Å²) in [6, 6.07) is 9.75. The van der Waals surface area contributed by atoms with Gasteiger partial charge >= 0.3 is 5.97 Å². The first-order chi connectivity index (χ1) is 13.0. The highest BCUT2D eigenvalue weighted by Gasteiger charge is 2.42. The molecule has 0 aromatic heterocycles. The molecule has 0 unspecified atom stereocenters. The van der Waals surface area contributed by atoms with E-state index in [0.29, 0.717) is 17.0 Å². The minimum absolute atomic E-state index is 0.0829. The number of benzene rings is 2. The smallest absolute Gasteiger partial charge is 0.335 e. The number of nitrogens with one attached hydrogen (secondary N) is 1. The molecule has 0 saturated heterocycles. The van der Waals surface area contributed by atoms with Crippen LogP contribution in [0.2, 0.25) is 0 Å². The van der Waals surface area contributed by atoms with E-state index in [0.717, 1.165) is 12.0 Å². The minimum Gasteiger partial charge on any atom is -0.495 e.